The Hall–Kier alpha value is -1.58. The zero-order chi connectivity index (χ0) is 14.7. The third-order valence-electron chi connectivity index (χ3n) is 3.75. The zero-order valence-corrected chi connectivity index (χ0v) is 12.7. The van der Waals surface area contributed by atoms with Crippen molar-refractivity contribution in [2.45, 2.75) is 20.3 Å². The Kier molecular flexibility index (Phi) is 4.13. The zero-order valence-electron chi connectivity index (χ0n) is 12.7. The van der Waals surface area contributed by atoms with Crippen LogP contribution in [-0.2, 0) is 15.7 Å². The fourth-order valence-electron chi connectivity index (χ4n) is 2.51. The molecule has 0 amide bonds. The highest BCUT2D eigenvalue weighted by atomic mass is 16.6. The molecule has 1 heterocycles. The van der Waals surface area contributed by atoms with Gasteiger partial charge in [0.05, 0.1) is 0 Å². The Labute approximate surface area is 127 Å². The van der Waals surface area contributed by atoms with Gasteiger partial charge in [-0.3, -0.25) is 0 Å². The first-order valence-electron chi connectivity index (χ1n) is 7.48. The van der Waals surface area contributed by atoms with Crippen molar-refractivity contribution < 1.29 is 9.31 Å². The molecule has 1 saturated heterocycles. The van der Waals surface area contributed by atoms with Crippen LogP contribution in [0.2, 0.25) is 0 Å². The molecule has 1 aliphatic rings. The molecule has 0 unspecified atom stereocenters. The van der Waals surface area contributed by atoms with Crippen molar-refractivity contribution in [3.63, 3.8) is 0 Å². The van der Waals surface area contributed by atoms with Crippen LogP contribution in [0.25, 0.3) is 0 Å². The second-order valence-electron chi connectivity index (χ2n) is 6.52. The van der Waals surface area contributed by atoms with Crippen LogP contribution in [0.4, 0.5) is 0 Å². The van der Waals surface area contributed by atoms with E-state index in [1.54, 1.807) is 0 Å². The first-order chi connectivity index (χ1) is 10.1. The van der Waals surface area contributed by atoms with E-state index in [0.29, 0.717) is 0 Å². The fraction of sp³-hybridized carbons (Fsp3) is 0.333. The molecule has 0 saturated carbocycles. The van der Waals surface area contributed by atoms with Crippen LogP contribution in [0, 0.1) is 5.41 Å². The van der Waals surface area contributed by atoms with Crippen LogP contribution in [0.1, 0.15) is 25.0 Å². The number of benzene rings is 2. The predicted octanol–water partition coefficient (Wildman–Crippen LogP) is 3.05. The van der Waals surface area contributed by atoms with Gasteiger partial charge in [0.15, 0.2) is 0 Å². The number of rotatable bonds is 3. The van der Waals surface area contributed by atoms with Crippen molar-refractivity contribution in [2.75, 3.05) is 13.2 Å². The maximum absolute atomic E-state index is 5.82. The van der Waals surface area contributed by atoms with Gasteiger partial charge in [0.2, 0.25) is 0 Å². The fourth-order valence-corrected chi connectivity index (χ4v) is 2.51. The minimum absolute atomic E-state index is 0.115. The Bertz CT molecular complexity index is 568. The Balaban J connectivity index is 1.65. The standard InChI is InChI=1S/C18H21BO2/c1-18(2)13-20-19(21-14-18)17-10-8-16(9-11-17)12-15-6-4-3-5-7-15/h3-11H,12-14H2,1-2H3. The predicted molar refractivity (Wildman–Crippen MR) is 86.8 cm³/mol. The van der Waals surface area contributed by atoms with E-state index in [1.165, 1.54) is 11.1 Å². The van der Waals surface area contributed by atoms with E-state index >= 15 is 0 Å². The topological polar surface area (TPSA) is 18.5 Å². The lowest BCUT2D eigenvalue weighted by Gasteiger charge is -2.33. The van der Waals surface area contributed by atoms with Gasteiger partial charge in [-0.2, -0.15) is 0 Å². The van der Waals surface area contributed by atoms with Gasteiger partial charge in [0.1, 0.15) is 0 Å². The lowest BCUT2D eigenvalue weighted by atomic mass is 9.75. The van der Waals surface area contributed by atoms with Crippen LogP contribution in [0.3, 0.4) is 0 Å². The molecule has 0 aromatic heterocycles. The van der Waals surface area contributed by atoms with Gasteiger partial charge in [0.25, 0.3) is 0 Å². The van der Waals surface area contributed by atoms with Gasteiger partial charge >= 0.3 is 7.12 Å². The monoisotopic (exact) mass is 280 g/mol. The lowest BCUT2D eigenvalue weighted by Crippen LogP contribution is -2.47. The molecule has 108 valence electrons. The summed E-state index contributed by atoms with van der Waals surface area (Å²) >= 11 is 0. The summed E-state index contributed by atoms with van der Waals surface area (Å²) in [7, 11) is -0.219. The molecule has 1 aliphatic heterocycles. The summed E-state index contributed by atoms with van der Waals surface area (Å²) in [5.41, 5.74) is 3.85. The Morgan fingerprint density at radius 3 is 2.05 bits per heavy atom. The lowest BCUT2D eigenvalue weighted by molar-refractivity contribution is 0.0343. The summed E-state index contributed by atoms with van der Waals surface area (Å²) in [6.45, 7) is 5.80. The van der Waals surface area contributed by atoms with Gasteiger partial charge in [0, 0.05) is 18.6 Å². The van der Waals surface area contributed by atoms with Crippen LogP contribution in [-0.4, -0.2) is 20.3 Å². The smallest absolute Gasteiger partial charge is 0.407 e. The number of hydrogen-bond acceptors (Lipinski definition) is 2. The second-order valence-corrected chi connectivity index (χ2v) is 6.52. The van der Waals surface area contributed by atoms with Crippen molar-refractivity contribution in [1.82, 2.24) is 0 Å². The molecule has 3 heteroatoms. The van der Waals surface area contributed by atoms with Crippen molar-refractivity contribution in [3.8, 4) is 0 Å². The second kappa shape index (κ2) is 6.04. The minimum Gasteiger partial charge on any atom is -0.407 e. The summed E-state index contributed by atoms with van der Waals surface area (Å²) in [5, 5.41) is 0. The molecule has 2 aromatic carbocycles. The Morgan fingerprint density at radius 2 is 1.43 bits per heavy atom. The highest BCUT2D eigenvalue weighted by Crippen LogP contribution is 2.21. The third kappa shape index (κ3) is 3.75. The van der Waals surface area contributed by atoms with E-state index < -0.39 is 0 Å². The van der Waals surface area contributed by atoms with Crippen molar-refractivity contribution >= 4 is 12.6 Å². The molecule has 2 aromatic rings. The van der Waals surface area contributed by atoms with E-state index in [1.807, 2.05) is 6.07 Å². The van der Waals surface area contributed by atoms with Crippen LogP contribution in [0.15, 0.2) is 54.6 Å². The van der Waals surface area contributed by atoms with Crippen molar-refractivity contribution in [3.05, 3.63) is 65.7 Å². The summed E-state index contributed by atoms with van der Waals surface area (Å²) in [6, 6.07) is 19.1. The highest BCUT2D eigenvalue weighted by Gasteiger charge is 2.33. The molecule has 21 heavy (non-hydrogen) atoms. The normalized spacial score (nSPS) is 17.7. The van der Waals surface area contributed by atoms with Gasteiger partial charge in [-0.15, -0.1) is 0 Å². The molecule has 0 atom stereocenters. The molecular formula is C18H21BO2. The van der Waals surface area contributed by atoms with E-state index in [-0.39, 0.29) is 12.5 Å². The van der Waals surface area contributed by atoms with E-state index in [9.17, 15) is 0 Å². The van der Waals surface area contributed by atoms with Gasteiger partial charge in [-0.1, -0.05) is 68.4 Å². The summed E-state index contributed by atoms with van der Waals surface area (Å²) in [6.07, 6.45) is 0.959. The molecule has 0 bridgehead atoms. The quantitative estimate of drug-likeness (QED) is 0.804. The molecule has 0 N–H and O–H groups in total. The van der Waals surface area contributed by atoms with E-state index in [4.69, 9.17) is 9.31 Å². The van der Waals surface area contributed by atoms with E-state index in [0.717, 1.165) is 25.1 Å². The average Bonchev–Trinajstić information content (AvgIpc) is 2.49. The molecule has 3 rings (SSSR count). The SMILES string of the molecule is CC1(C)COB(c2ccc(Cc3ccccc3)cc2)OC1. The molecular weight excluding hydrogens is 259 g/mol. The average molecular weight is 280 g/mol. The molecule has 0 aliphatic carbocycles. The van der Waals surface area contributed by atoms with Gasteiger partial charge < -0.3 is 9.31 Å². The molecule has 0 radical (unpaired) electrons. The van der Waals surface area contributed by atoms with Crippen LogP contribution in [0.5, 0.6) is 0 Å². The summed E-state index contributed by atoms with van der Waals surface area (Å²) < 4.78 is 11.6. The summed E-state index contributed by atoms with van der Waals surface area (Å²) in [4.78, 5) is 0. The molecule has 2 nitrogen and oxygen atoms in total. The van der Waals surface area contributed by atoms with Crippen molar-refractivity contribution in [1.29, 1.82) is 0 Å². The first-order valence-corrected chi connectivity index (χ1v) is 7.48. The molecule has 1 fully saturated rings. The Morgan fingerprint density at radius 1 is 0.857 bits per heavy atom. The van der Waals surface area contributed by atoms with Crippen LogP contribution < -0.4 is 5.46 Å². The van der Waals surface area contributed by atoms with Gasteiger partial charge in [-0.25, -0.2) is 0 Å². The third-order valence-corrected chi connectivity index (χ3v) is 3.75. The minimum atomic E-state index is -0.219. The number of hydrogen-bond donors (Lipinski definition) is 0. The van der Waals surface area contributed by atoms with E-state index in [2.05, 4.69) is 62.4 Å². The first kappa shape index (κ1) is 14.4. The largest absolute Gasteiger partial charge is 0.493 e. The summed E-state index contributed by atoms with van der Waals surface area (Å²) in [5.74, 6) is 0. The molecule has 0 spiro atoms. The van der Waals surface area contributed by atoms with Crippen LogP contribution >= 0.6 is 0 Å². The maximum atomic E-state index is 5.82. The highest BCUT2D eigenvalue weighted by molar-refractivity contribution is 6.61. The van der Waals surface area contributed by atoms with Crippen molar-refractivity contribution in [2.24, 2.45) is 5.41 Å². The maximum Gasteiger partial charge on any atom is 0.493 e. The van der Waals surface area contributed by atoms with Gasteiger partial charge in [-0.05, 0) is 23.0 Å².